The number of hydrogen-bond acceptors (Lipinski definition) is 4. The van der Waals surface area contributed by atoms with Crippen molar-refractivity contribution in [3.8, 4) is 17.2 Å². The molecule has 350 valence electrons. The molecule has 0 fully saturated rings. The monoisotopic (exact) mass is 933 g/mol. The second kappa shape index (κ2) is 21.2. The molecule has 0 atom stereocenters. The second-order valence-corrected chi connectivity index (χ2v) is 14.1. The van der Waals surface area contributed by atoms with Crippen molar-refractivity contribution >= 4 is 13.0 Å². The van der Waals surface area contributed by atoms with Gasteiger partial charge in [-0.25, -0.2) is 0 Å². The lowest BCUT2D eigenvalue weighted by Gasteiger charge is -2.24. The largest absolute Gasteiger partial charge is 0.864 e. The molecule has 0 bridgehead atoms. The molecule has 3 rings (SSSR count). The van der Waals surface area contributed by atoms with Crippen molar-refractivity contribution < 1.29 is 93.0 Å². The fourth-order valence-electron chi connectivity index (χ4n) is 5.92. The van der Waals surface area contributed by atoms with Gasteiger partial charge in [-0.15, -0.1) is 5.73 Å². The second-order valence-electron chi connectivity index (χ2n) is 14.1. The van der Waals surface area contributed by atoms with Crippen LogP contribution in [0.15, 0.2) is 66.5 Å². The molecule has 0 radical (unpaired) electrons. The molecule has 0 aliphatic heterocycles. The molecule has 0 heterocycles. The van der Waals surface area contributed by atoms with Crippen molar-refractivity contribution in [1.82, 2.24) is 0 Å². The standard InChI is InChI=1S/C40H38BF18NO3/c1-3-5-6-7-8-9-10-11-12-13-14-15-29(4-2)60-34-32(40(57,58)59)22-28(39(54,55)56)23-33(34)63-41(61-30-18-24(35(42,43)44)16-25(19-30)36(45,46)47)62-31-20-26(37(48,49)50)17-27(21-31)38(51,52)53/h16-23,60H,2-3,5-15H2,1H3. The lowest BCUT2D eigenvalue weighted by molar-refractivity contribution is -0.144. The maximum absolute atomic E-state index is 14.6. The van der Waals surface area contributed by atoms with E-state index in [-0.39, 0.29) is 48.9 Å². The Bertz CT molecular complexity index is 1870. The van der Waals surface area contributed by atoms with Crippen molar-refractivity contribution in [2.45, 2.75) is 121 Å². The van der Waals surface area contributed by atoms with Crippen LogP contribution in [-0.4, -0.2) is 7.32 Å². The average molecular weight is 934 g/mol. The molecule has 0 aliphatic rings. The number of hydrogen-bond donors (Lipinski definition) is 1. The van der Waals surface area contributed by atoms with E-state index in [0.29, 0.717) is 12.8 Å². The zero-order valence-electron chi connectivity index (χ0n) is 32.9. The SMILES string of the molecule is C=C=C(CCCCCCCCCCCCC)Nc1c(OB(Oc2cc(C(F)(F)F)cc(C(F)(F)F)c2)Oc2cc(C(F)(F)F)cc(C(F)(F)F)c2)cc(C(F)(F)F)cc1C(F)(F)F. The minimum atomic E-state index is -5.72. The molecular weight excluding hydrogens is 895 g/mol. The van der Waals surface area contributed by atoms with Crippen molar-refractivity contribution in [3.63, 3.8) is 0 Å². The van der Waals surface area contributed by atoms with Crippen LogP contribution in [0.1, 0.15) is 117 Å². The Kier molecular flexibility index (Phi) is 17.7. The van der Waals surface area contributed by atoms with Crippen LogP contribution in [0.5, 0.6) is 17.2 Å². The molecule has 0 saturated carbocycles. The highest BCUT2D eigenvalue weighted by Crippen LogP contribution is 2.46. The molecule has 0 amide bonds. The van der Waals surface area contributed by atoms with Crippen LogP contribution >= 0.6 is 0 Å². The zero-order valence-corrected chi connectivity index (χ0v) is 32.9. The van der Waals surface area contributed by atoms with Crippen LogP contribution in [0.2, 0.25) is 0 Å². The van der Waals surface area contributed by atoms with Crippen molar-refractivity contribution in [1.29, 1.82) is 0 Å². The number of unbranched alkanes of at least 4 members (excludes halogenated alkanes) is 10. The lowest BCUT2D eigenvalue weighted by Crippen LogP contribution is -2.38. The topological polar surface area (TPSA) is 39.7 Å². The Hall–Kier alpha value is -4.82. The van der Waals surface area contributed by atoms with Gasteiger partial charge in [0, 0.05) is 0 Å². The molecule has 0 aromatic heterocycles. The van der Waals surface area contributed by atoms with E-state index in [0.717, 1.165) is 51.4 Å². The summed E-state index contributed by atoms with van der Waals surface area (Å²) in [5.41, 5.74) is -12.2. The third-order valence-corrected chi connectivity index (χ3v) is 9.06. The molecule has 3 aromatic carbocycles. The summed E-state index contributed by atoms with van der Waals surface area (Å²) in [4.78, 5) is 0. The predicted molar refractivity (Wildman–Crippen MR) is 194 cm³/mol. The first-order chi connectivity index (χ1) is 28.9. The highest BCUT2D eigenvalue weighted by atomic mass is 19.4. The quantitative estimate of drug-likeness (QED) is 0.0530. The van der Waals surface area contributed by atoms with Gasteiger partial charge in [0.25, 0.3) is 0 Å². The molecular formula is C40H38BF18NO3. The number of allylic oxidation sites excluding steroid dienone is 1. The zero-order chi connectivity index (χ0) is 47.6. The highest BCUT2D eigenvalue weighted by molar-refractivity contribution is 6.39. The molecule has 23 heteroatoms. The highest BCUT2D eigenvalue weighted by Gasteiger charge is 2.44. The number of benzene rings is 3. The van der Waals surface area contributed by atoms with Gasteiger partial charge < -0.3 is 19.3 Å². The molecule has 0 saturated heterocycles. The third kappa shape index (κ3) is 16.7. The number of halogens is 18. The van der Waals surface area contributed by atoms with Crippen molar-refractivity contribution in [2.75, 3.05) is 5.32 Å². The Morgan fingerprint density at radius 1 is 0.476 bits per heavy atom. The van der Waals surface area contributed by atoms with Gasteiger partial charge in [0.05, 0.1) is 44.8 Å². The molecule has 0 spiro atoms. The average Bonchev–Trinajstić information content (AvgIpc) is 3.14. The molecule has 0 unspecified atom stereocenters. The molecule has 4 nitrogen and oxygen atoms in total. The van der Waals surface area contributed by atoms with Gasteiger partial charge in [0.2, 0.25) is 0 Å². The summed E-state index contributed by atoms with van der Waals surface area (Å²) in [7, 11) is -3.33. The van der Waals surface area contributed by atoms with E-state index >= 15 is 0 Å². The maximum atomic E-state index is 14.6. The van der Waals surface area contributed by atoms with Crippen molar-refractivity contribution in [2.24, 2.45) is 0 Å². The summed E-state index contributed by atoms with van der Waals surface area (Å²) >= 11 is 0. The fourth-order valence-corrected chi connectivity index (χ4v) is 5.92. The van der Waals surface area contributed by atoms with Gasteiger partial charge in [0.15, 0.2) is 0 Å². The van der Waals surface area contributed by atoms with Gasteiger partial charge in [-0.05, 0) is 61.4 Å². The van der Waals surface area contributed by atoms with Crippen LogP contribution in [-0.2, 0) is 37.1 Å². The first kappa shape index (κ1) is 52.5. The summed E-state index contributed by atoms with van der Waals surface area (Å²) in [6.45, 7) is 5.43. The molecule has 63 heavy (non-hydrogen) atoms. The van der Waals surface area contributed by atoms with Crippen LogP contribution in [0, 0.1) is 0 Å². The lowest BCUT2D eigenvalue weighted by atomic mass is 10.0. The van der Waals surface area contributed by atoms with E-state index in [1.807, 2.05) is 0 Å². The third-order valence-electron chi connectivity index (χ3n) is 9.06. The summed E-state index contributed by atoms with van der Waals surface area (Å²) < 4.78 is 265. The van der Waals surface area contributed by atoms with Gasteiger partial charge in [0.1, 0.15) is 17.2 Å². The van der Waals surface area contributed by atoms with E-state index in [4.69, 9.17) is 14.0 Å². The first-order valence-electron chi connectivity index (χ1n) is 19.0. The van der Waals surface area contributed by atoms with Crippen LogP contribution in [0.3, 0.4) is 0 Å². The fraction of sp³-hybridized carbons (Fsp3) is 0.475. The van der Waals surface area contributed by atoms with Gasteiger partial charge >= 0.3 is 44.4 Å². The summed E-state index contributed by atoms with van der Waals surface area (Å²) in [6.07, 6.45) is -24.4. The Morgan fingerprint density at radius 2 is 0.825 bits per heavy atom. The summed E-state index contributed by atoms with van der Waals surface area (Å²) in [5, 5.41) is 2.16. The van der Waals surface area contributed by atoms with Gasteiger partial charge in [-0.2, -0.15) is 79.0 Å². The van der Waals surface area contributed by atoms with Crippen molar-refractivity contribution in [3.05, 3.63) is 99.9 Å². The Balaban J connectivity index is 2.17. The Labute approximate surface area is 349 Å². The van der Waals surface area contributed by atoms with Gasteiger partial charge in [-0.1, -0.05) is 77.7 Å². The maximum Gasteiger partial charge on any atom is 0.864 e. The van der Waals surface area contributed by atoms with E-state index in [1.165, 1.54) is 0 Å². The number of alkyl halides is 18. The molecule has 3 aromatic rings. The molecule has 1 N–H and O–H groups in total. The normalized spacial score (nSPS) is 12.8. The number of rotatable bonds is 20. The number of nitrogens with one attached hydrogen (secondary N) is 1. The van der Waals surface area contributed by atoms with Crippen LogP contribution < -0.4 is 19.3 Å². The molecule has 0 aliphatic carbocycles. The smallest absolute Gasteiger partial charge is 0.490 e. The van der Waals surface area contributed by atoms with E-state index in [9.17, 15) is 79.0 Å². The van der Waals surface area contributed by atoms with Crippen LogP contribution in [0.25, 0.3) is 0 Å². The van der Waals surface area contributed by atoms with Crippen LogP contribution in [0.4, 0.5) is 84.7 Å². The minimum Gasteiger partial charge on any atom is -0.490 e. The summed E-state index contributed by atoms with van der Waals surface area (Å²) in [6, 6.07) is -2.21. The number of anilines is 1. The van der Waals surface area contributed by atoms with Gasteiger partial charge in [-0.3, -0.25) is 0 Å². The summed E-state index contributed by atoms with van der Waals surface area (Å²) in [5.74, 6) is -4.89. The van der Waals surface area contributed by atoms with E-state index in [1.54, 1.807) is 0 Å². The first-order valence-corrected chi connectivity index (χ1v) is 19.0. The Morgan fingerprint density at radius 3 is 1.16 bits per heavy atom. The van der Waals surface area contributed by atoms with E-state index < -0.39 is 119 Å². The van der Waals surface area contributed by atoms with E-state index in [2.05, 4.69) is 24.6 Å². The predicted octanol–water partition coefficient (Wildman–Crippen LogP) is 16.1. The minimum absolute atomic E-state index is 0.149.